The largest absolute Gasteiger partial charge is 0.383 e. The lowest BCUT2D eigenvalue weighted by molar-refractivity contribution is -0.129. The minimum absolute atomic E-state index is 0.131. The molecule has 0 saturated heterocycles. The Kier molecular flexibility index (Phi) is 4.95. The number of benzene rings is 1. The van der Waals surface area contributed by atoms with Gasteiger partial charge in [-0.2, -0.15) is 0 Å². The molecular formula is C22H24N4OS2. The zero-order valence-corrected chi connectivity index (χ0v) is 18.1. The third-order valence-electron chi connectivity index (χ3n) is 5.97. The Morgan fingerprint density at radius 1 is 1.28 bits per heavy atom. The second-order valence-corrected chi connectivity index (χ2v) is 10.1. The summed E-state index contributed by atoms with van der Waals surface area (Å²) in [6.07, 6.45) is 4.28. The normalized spacial score (nSPS) is 18.5. The van der Waals surface area contributed by atoms with Gasteiger partial charge in [0.15, 0.2) is 5.16 Å². The summed E-state index contributed by atoms with van der Waals surface area (Å²) in [6, 6.07) is 8.36. The fourth-order valence-corrected chi connectivity index (χ4v) is 6.54. The number of hydrogen-bond donors (Lipinski definition) is 1. The van der Waals surface area contributed by atoms with Crippen molar-refractivity contribution >= 4 is 45.0 Å². The number of fused-ring (bicyclic) bond motifs is 4. The number of rotatable bonds is 3. The number of thioether (sulfide) groups is 1. The highest BCUT2D eigenvalue weighted by atomic mass is 32.2. The van der Waals surface area contributed by atoms with E-state index in [1.807, 2.05) is 11.0 Å². The van der Waals surface area contributed by atoms with Gasteiger partial charge in [-0.1, -0.05) is 43.0 Å². The number of hydrogen-bond acceptors (Lipinski definition) is 6. The van der Waals surface area contributed by atoms with E-state index in [1.54, 1.807) is 11.3 Å². The summed E-state index contributed by atoms with van der Waals surface area (Å²) in [7, 11) is 0. The maximum Gasteiger partial charge on any atom is 0.233 e. The minimum atomic E-state index is 0.131. The lowest BCUT2D eigenvalue weighted by Crippen LogP contribution is -2.37. The molecule has 1 aliphatic carbocycles. The van der Waals surface area contributed by atoms with E-state index in [-0.39, 0.29) is 5.91 Å². The van der Waals surface area contributed by atoms with E-state index < -0.39 is 0 Å². The molecular weight excluding hydrogens is 400 g/mol. The highest BCUT2D eigenvalue weighted by molar-refractivity contribution is 7.99. The number of nitrogens with zero attached hydrogens (tertiary/aromatic N) is 3. The predicted octanol–water partition coefficient (Wildman–Crippen LogP) is 4.08. The summed E-state index contributed by atoms with van der Waals surface area (Å²) < 4.78 is 0. The van der Waals surface area contributed by atoms with Gasteiger partial charge in [-0.25, -0.2) is 9.97 Å². The quantitative estimate of drug-likeness (QED) is 0.507. The molecule has 1 unspecified atom stereocenters. The topological polar surface area (TPSA) is 72.1 Å². The van der Waals surface area contributed by atoms with Crippen molar-refractivity contribution in [3.05, 3.63) is 45.8 Å². The van der Waals surface area contributed by atoms with Gasteiger partial charge >= 0.3 is 0 Å². The first-order valence-corrected chi connectivity index (χ1v) is 11.9. The molecule has 2 N–H and O–H groups in total. The molecule has 0 spiro atoms. The maximum atomic E-state index is 12.7. The van der Waals surface area contributed by atoms with Crippen LogP contribution in [0.25, 0.3) is 10.2 Å². The van der Waals surface area contributed by atoms with Gasteiger partial charge in [0, 0.05) is 18.0 Å². The lowest BCUT2D eigenvalue weighted by Gasteiger charge is -2.28. The van der Waals surface area contributed by atoms with Crippen molar-refractivity contribution in [3.63, 3.8) is 0 Å². The van der Waals surface area contributed by atoms with Gasteiger partial charge in [0.2, 0.25) is 5.91 Å². The van der Waals surface area contributed by atoms with Gasteiger partial charge in [0.05, 0.1) is 11.1 Å². The van der Waals surface area contributed by atoms with Crippen molar-refractivity contribution in [2.24, 2.45) is 5.92 Å². The standard InChI is InChI=1S/C22H24N4OS2/c1-13-6-7-16-17(10-13)29-21-19(16)20(23)24-22(25-21)28-12-18(27)26-9-8-14-4-2-3-5-15(14)11-26/h2-5,13H,6-12H2,1H3,(H2,23,24,25). The van der Waals surface area contributed by atoms with Crippen LogP contribution in [0.5, 0.6) is 0 Å². The highest BCUT2D eigenvalue weighted by Gasteiger charge is 2.24. The van der Waals surface area contributed by atoms with Crippen LogP contribution in [0.2, 0.25) is 0 Å². The maximum absolute atomic E-state index is 12.7. The molecule has 1 aliphatic heterocycles. The van der Waals surface area contributed by atoms with Crippen molar-refractivity contribution in [1.29, 1.82) is 0 Å². The molecule has 0 saturated carbocycles. The van der Waals surface area contributed by atoms with Crippen LogP contribution in [-0.4, -0.2) is 33.1 Å². The number of aromatic nitrogens is 2. The van der Waals surface area contributed by atoms with Crippen molar-refractivity contribution in [2.45, 2.75) is 44.3 Å². The van der Waals surface area contributed by atoms with Crippen LogP contribution >= 0.6 is 23.1 Å². The molecule has 3 heterocycles. The number of carbonyl (C=O) groups is 1. The second kappa shape index (κ2) is 7.61. The smallest absolute Gasteiger partial charge is 0.233 e. The minimum Gasteiger partial charge on any atom is -0.383 e. The van der Waals surface area contributed by atoms with E-state index in [1.165, 1.54) is 39.8 Å². The zero-order valence-electron chi connectivity index (χ0n) is 16.5. The fourth-order valence-electron chi connectivity index (χ4n) is 4.34. The molecule has 1 amide bonds. The zero-order chi connectivity index (χ0) is 20.0. The number of anilines is 1. The van der Waals surface area contributed by atoms with Gasteiger partial charge in [-0.15, -0.1) is 11.3 Å². The van der Waals surface area contributed by atoms with Gasteiger partial charge in [-0.3, -0.25) is 4.79 Å². The molecule has 3 aromatic rings. The van der Waals surface area contributed by atoms with Crippen molar-refractivity contribution in [3.8, 4) is 0 Å². The first-order valence-electron chi connectivity index (χ1n) is 10.1. The first-order chi connectivity index (χ1) is 14.1. The second-order valence-electron chi connectivity index (χ2n) is 8.05. The van der Waals surface area contributed by atoms with E-state index in [2.05, 4.69) is 30.1 Å². The van der Waals surface area contributed by atoms with Crippen molar-refractivity contribution in [1.82, 2.24) is 14.9 Å². The molecule has 7 heteroatoms. The highest BCUT2D eigenvalue weighted by Crippen LogP contribution is 2.40. The van der Waals surface area contributed by atoms with E-state index >= 15 is 0 Å². The van der Waals surface area contributed by atoms with Gasteiger partial charge in [0.1, 0.15) is 10.6 Å². The molecule has 150 valence electrons. The predicted molar refractivity (Wildman–Crippen MR) is 119 cm³/mol. The Morgan fingerprint density at radius 3 is 2.97 bits per heavy atom. The first kappa shape index (κ1) is 18.9. The third kappa shape index (κ3) is 3.62. The Labute approximate surface area is 178 Å². The number of amides is 1. The fraction of sp³-hybridized carbons (Fsp3) is 0.409. The average Bonchev–Trinajstić information content (AvgIpc) is 3.09. The molecule has 0 radical (unpaired) electrons. The van der Waals surface area contributed by atoms with E-state index in [0.29, 0.717) is 29.2 Å². The Bertz CT molecular complexity index is 1090. The SMILES string of the molecule is CC1CCc2c(sc3nc(SCC(=O)N4CCc5ccccc5C4)nc(N)c23)C1. The van der Waals surface area contributed by atoms with Gasteiger partial charge < -0.3 is 10.6 Å². The molecule has 0 bridgehead atoms. The number of carbonyl (C=O) groups excluding carboxylic acids is 1. The lowest BCUT2D eigenvalue weighted by atomic mass is 9.89. The van der Waals surface area contributed by atoms with E-state index in [0.717, 1.165) is 36.0 Å². The summed E-state index contributed by atoms with van der Waals surface area (Å²) in [5.74, 6) is 1.75. The van der Waals surface area contributed by atoms with Crippen LogP contribution in [0.1, 0.15) is 34.9 Å². The summed E-state index contributed by atoms with van der Waals surface area (Å²) >= 11 is 3.14. The Morgan fingerprint density at radius 2 is 2.10 bits per heavy atom. The summed E-state index contributed by atoms with van der Waals surface area (Å²) in [6.45, 7) is 3.76. The number of thiophene rings is 1. The molecule has 2 aromatic heterocycles. The van der Waals surface area contributed by atoms with Crippen LogP contribution in [0.3, 0.4) is 0 Å². The summed E-state index contributed by atoms with van der Waals surface area (Å²) in [5.41, 5.74) is 10.3. The number of nitrogen functional groups attached to an aromatic ring is 1. The molecule has 29 heavy (non-hydrogen) atoms. The van der Waals surface area contributed by atoms with Crippen LogP contribution < -0.4 is 5.73 Å². The summed E-state index contributed by atoms with van der Waals surface area (Å²) in [5, 5.41) is 1.65. The number of nitrogens with two attached hydrogens (primary N) is 1. The van der Waals surface area contributed by atoms with Crippen molar-refractivity contribution < 1.29 is 4.79 Å². The average molecular weight is 425 g/mol. The van der Waals surface area contributed by atoms with Gasteiger partial charge in [0.25, 0.3) is 0 Å². The van der Waals surface area contributed by atoms with E-state index in [4.69, 9.17) is 10.7 Å². The van der Waals surface area contributed by atoms with Crippen LogP contribution in [-0.2, 0) is 30.6 Å². The Hall–Kier alpha value is -2.12. The number of aryl methyl sites for hydroxylation is 1. The summed E-state index contributed by atoms with van der Waals surface area (Å²) in [4.78, 5) is 26.3. The van der Waals surface area contributed by atoms with E-state index in [9.17, 15) is 4.79 Å². The van der Waals surface area contributed by atoms with Crippen LogP contribution in [0.4, 0.5) is 5.82 Å². The van der Waals surface area contributed by atoms with Gasteiger partial charge in [-0.05, 0) is 48.3 Å². The monoisotopic (exact) mass is 424 g/mol. The van der Waals surface area contributed by atoms with Crippen LogP contribution in [0, 0.1) is 5.92 Å². The molecule has 5 rings (SSSR count). The molecule has 1 aromatic carbocycles. The Balaban J connectivity index is 1.30. The van der Waals surface area contributed by atoms with Crippen molar-refractivity contribution in [2.75, 3.05) is 18.0 Å². The molecule has 0 fully saturated rings. The van der Waals surface area contributed by atoms with Crippen LogP contribution in [0.15, 0.2) is 29.4 Å². The molecule has 1 atom stereocenters. The molecule has 2 aliphatic rings. The third-order valence-corrected chi connectivity index (χ3v) is 7.95. The molecule has 5 nitrogen and oxygen atoms in total.